The molecule has 0 bridgehead atoms. The fourth-order valence-electron chi connectivity index (χ4n) is 2.01. The van der Waals surface area contributed by atoms with Crippen molar-refractivity contribution in [2.75, 3.05) is 26.9 Å². The van der Waals surface area contributed by atoms with Crippen LogP contribution in [0.25, 0.3) is 0 Å². The average Bonchev–Trinajstić information content (AvgIpc) is 2.62. The minimum absolute atomic E-state index is 0.106. The van der Waals surface area contributed by atoms with Crippen LogP contribution in [-0.4, -0.2) is 44.0 Å². The first-order valence-electron chi connectivity index (χ1n) is 7.67. The van der Waals surface area contributed by atoms with Crippen LogP contribution in [0.3, 0.4) is 0 Å². The van der Waals surface area contributed by atoms with E-state index in [1.165, 1.54) is 0 Å². The van der Waals surface area contributed by atoms with E-state index >= 15 is 0 Å². The lowest BCUT2D eigenvalue weighted by Crippen LogP contribution is -2.41. The zero-order valence-corrected chi connectivity index (χ0v) is 15.7. The third-order valence-corrected chi connectivity index (χ3v) is 6.05. The van der Waals surface area contributed by atoms with Crippen LogP contribution in [0.1, 0.15) is 6.92 Å². The van der Waals surface area contributed by atoms with Gasteiger partial charge in [-0.2, -0.15) is 8.61 Å². The minimum atomic E-state index is -1.41. The number of nitrogens with zero attached hydrogens (tertiary/aromatic N) is 2. The van der Waals surface area contributed by atoms with Gasteiger partial charge in [0.25, 0.3) is 0 Å². The molecule has 0 radical (unpaired) electrons. The van der Waals surface area contributed by atoms with Gasteiger partial charge in [-0.15, -0.1) is 0 Å². The molecule has 0 N–H and O–H groups in total. The van der Waals surface area contributed by atoms with Gasteiger partial charge in [-0.3, -0.25) is 0 Å². The van der Waals surface area contributed by atoms with E-state index < -0.39 is 22.0 Å². The summed E-state index contributed by atoms with van der Waals surface area (Å²) in [5, 5.41) is 0. The first-order chi connectivity index (χ1) is 12.2. The van der Waals surface area contributed by atoms with Crippen molar-refractivity contribution in [3.05, 3.63) is 66.1 Å². The first-order valence-corrected chi connectivity index (χ1v) is 9.88. The molecule has 0 amide bonds. The van der Waals surface area contributed by atoms with Crippen LogP contribution < -0.4 is 0 Å². The Balaban J connectivity index is 1.96. The highest BCUT2D eigenvalue weighted by atomic mass is 32.2. The lowest BCUT2D eigenvalue weighted by molar-refractivity contribution is -0.0843. The molecular formula is C17H22N2O4S2. The Kier molecular flexibility index (Phi) is 8.39. The van der Waals surface area contributed by atoms with Gasteiger partial charge >= 0.3 is 0 Å². The summed E-state index contributed by atoms with van der Waals surface area (Å²) in [5.41, 5.74) is 0. The van der Waals surface area contributed by atoms with Crippen molar-refractivity contribution in [2.45, 2.75) is 11.8 Å². The number of benzene rings is 1. The van der Waals surface area contributed by atoms with Crippen LogP contribution in [0.4, 0.5) is 0 Å². The lowest BCUT2D eigenvalue weighted by Gasteiger charge is -2.28. The molecular weight excluding hydrogens is 360 g/mol. The van der Waals surface area contributed by atoms with Crippen LogP contribution in [0.15, 0.2) is 71.0 Å². The Morgan fingerprint density at radius 3 is 2.24 bits per heavy atom. The third kappa shape index (κ3) is 5.81. The van der Waals surface area contributed by atoms with E-state index in [0.29, 0.717) is 9.80 Å². The summed E-state index contributed by atoms with van der Waals surface area (Å²) in [7, 11) is -2.78. The number of ether oxygens (including phenoxy) is 2. The molecule has 0 spiro atoms. The zero-order valence-electron chi connectivity index (χ0n) is 14.1. The highest BCUT2D eigenvalue weighted by Crippen LogP contribution is 2.15. The molecule has 1 aromatic rings. The van der Waals surface area contributed by atoms with Gasteiger partial charge in [0, 0.05) is 0 Å². The molecule has 0 saturated carbocycles. The van der Waals surface area contributed by atoms with E-state index in [1.807, 2.05) is 25.1 Å². The SMILES string of the molecule is C=C/C=C\C(=C/C)[S@](=O)N1COCN([S@](=O)c2ccccc2)COC1. The van der Waals surface area contributed by atoms with Gasteiger partial charge in [-0.05, 0) is 25.1 Å². The number of hydrogen-bond donors (Lipinski definition) is 0. The second-order valence-electron chi connectivity index (χ2n) is 4.99. The second-order valence-corrected chi connectivity index (χ2v) is 7.96. The molecule has 0 aromatic heterocycles. The van der Waals surface area contributed by atoms with Crippen molar-refractivity contribution < 1.29 is 17.9 Å². The van der Waals surface area contributed by atoms with Crippen LogP contribution in [0, 0.1) is 0 Å². The summed E-state index contributed by atoms with van der Waals surface area (Å²) in [6.07, 6.45) is 6.85. The molecule has 0 unspecified atom stereocenters. The van der Waals surface area contributed by atoms with Gasteiger partial charge < -0.3 is 9.47 Å². The summed E-state index contributed by atoms with van der Waals surface area (Å²) >= 11 is 0. The van der Waals surface area contributed by atoms with Gasteiger partial charge in [-0.25, -0.2) is 8.42 Å². The van der Waals surface area contributed by atoms with Crippen molar-refractivity contribution >= 4 is 22.0 Å². The summed E-state index contributed by atoms with van der Waals surface area (Å²) in [6.45, 7) is 5.86. The summed E-state index contributed by atoms with van der Waals surface area (Å²) in [5.74, 6) is 0. The van der Waals surface area contributed by atoms with Crippen molar-refractivity contribution in [2.24, 2.45) is 0 Å². The average molecular weight is 383 g/mol. The first kappa shape index (κ1) is 19.9. The largest absolute Gasteiger partial charge is 0.349 e. The monoisotopic (exact) mass is 382 g/mol. The fourth-order valence-corrected chi connectivity index (χ4v) is 4.07. The highest BCUT2D eigenvalue weighted by molar-refractivity contribution is 7.86. The number of hydrogen-bond acceptors (Lipinski definition) is 4. The van der Waals surface area contributed by atoms with Gasteiger partial charge in [0.05, 0.1) is 9.80 Å². The Labute approximate surface area is 153 Å². The molecule has 136 valence electrons. The van der Waals surface area contributed by atoms with Crippen LogP contribution in [0.2, 0.25) is 0 Å². The Morgan fingerprint density at radius 1 is 1.08 bits per heavy atom. The molecule has 25 heavy (non-hydrogen) atoms. The summed E-state index contributed by atoms with van der Waals surface area (Å²) in [4.78, 5) is 1.32. The van der Waals surface area contributed by atoms with Crippen molar-refractivity contribution in [3.8, 4) is 0 Å². The number of rotatable bonds is 6. The van der Waals surface area contributed by atoms with E-state index in [1.54, 1.807) is 45.0 Å². The molecule has 1 fully saturated rings. The van der Waals surface area contributed by atoms with Crippen molar-refractivity contribution in [3.63, 3.8) is 0 Å². The molecule has 1 heterocycles. The Bertz CT molecular complexity index is 666. The normalized spacial score (nSPS) is 20.8. The Morgan fingerprint density at radius 2 is 1.68 bits per heavy atom. The molecule has 1 aliphatic rings. The molecule has 2 rings (SSSR count). The minimum Gasteiger partial charge on any atom is -0.349 e. The van der Waals surface area contributed by atoms with E-state index in [0.717, 1.165) is 0 Å². The molecule has 8 heteroatoms. The highest BCUT2D eigenvalue weighted by Gasteiger charge is 2.22. The maximum Gasteiger partial charge on any atom is 0.131 e. The van der Waals surface area contributed by atoms with Gasteiger partial charge in [-0.1, -0.05) is 43.0 Å². The predicted octanol–water partition coefficient (Wildman–Crippen LogP) is 2.50. The topological polar surface area (TPSA) is 59.1 Å². The standard InChI is InChI=1S/C17H22N2O4S2/c1-3-5-9-16(4-2)24(20)18-12-22-14-19(15-23-13-18)25(21)17-10-7-6-8-11-17/h3-11H,1,12-15H2,2H3/b9-5-,16-4+/t24-,25+/m0/s1. The van der Waals surface area contributed by atoms with Gasteiger partial charge in [0.1, 0.15) is 48.9 Å². The molecule has 1 saturated heterocycles. The van der Waals surface area contributed by atoms with E-state index in [-0.39, 0.29) is 26.9 Å². The third-order valence-electron chi connectivity index (χ3n) is 3.24. The number of allylic oxidation sites excluding steroid dienone is 4. The predicted molar refractivity (Wildman–Crippen MR) is 99.4 cm³/mol. The maximum atomic E-state index is 12.6. The van der Waals surface area contributed by atoms with Crippen molar-refractivity contribution in [1.29, 1.82) is 0 Å². The van der Waals surface area contributed by atoms with E-state index in [9.17, 15) is 8.42 Å². The summed E-state index contributed by atoms with van der Waals surface area (Å²) in [6, 6.07) is 9.12. The maximum absolute atomic E-state index is 12.6. The van der Waals surface area contributed by atoms with Gasteiger partial charge in [0.2, 0.25) is 0 Å². The summed E-state index contributed by atoms with van der Waals surface area (Å²) < 4.78 is 39.4. The molecule has 6 nitrogen and oxygen atoms in total. The zero-order chi connectivity index (χ0) is 18.1. The van der Waals surface area contributed by atoms with Crippen LogP contribution >= 0.6 is 0 Å². The van der Waals surface area contributed by atoms with Crippen LogP contribution in [-0.2, 0) is 31.4 Å². The van der Waals surface area contributed by atoms with E-state index in [2.05, 4.69) is 6.58 Å². The van der Waals surface area contributed by atoms with E-state index in [4.69, 9.17) is 9.47 Å². The Hall–Kier alpha value is -1.42. The quantitative estimate of drug-likeness (QED) is 0.710. The van der Waals surface area contributed by atoms with Gasteiger partial charge in [0.15, 0.2) is 0 Å². The molecule has 1 aliphatic heterocycles. The molecule has 1 aromatic carbocycles. The smallest absolute Gasteiger partial charge is 0.131 e. The molecule has 2 atom stereocenters. The fraction of sp³-hybridized carbons (Fsp3) is 0.294. The van der Waals surface area contributed by atoms with Crippen molar-refractivity contribution in [1.82, 2.24) is 8.61 Å². The van der Waals surface area contributed by atoms with Crippen LogP contribution in [0.5, 0.6) is 0 Å². The molecule has 0 aliphatic carbocycles. The second kappa shape index (κ2) is 10.5. The lowest BCUT2D eigenvalue weighted by atomic mass is 10.4.